The minimum atomic E-state index is -1.51. The second-order valence-corrected chi connectivity index (χ2v) is 24.9. The number of carbonyl (C=O) groups excluding carboxylic acids is 13. The predicted molar refractivity (Wildman–Crippen MR) is 304 cm³/mol. The standard InChI is InChI=1S/C59H91N9O18/c1-57(2,3)43-30-53(78)68(56(43)81)22-14-52(77)66-58(36-83-24-16-50(75)62-19-8-5-11-44-46(71)13-21-65-86-54(79)32-64-44,35-82-23-15-49(74)61-18-7-4-10-42-47(72)27-38-26-39(69)31-59(38,42)60)37-84-25-17-51(76)63-20-9-6-12-45-48(73)29-41-28-40(70)33-67(45)34-55(80)85-41/h38,41-45,64-65H,4-37,60H2,1-3H3,(H,61,74)(H,62,75)(H,63,76)(H,66,77)/t38-,41+,42?,43?,44?,45?,58?,59+/m0/s1. The summed E-state index contributed by atoms with van der Waals surface area (Å²) in [6.45, 7) is 4.93. The number of esters is 1. The molecule has 9 atom stereocenters. The molecule has 27 heteroatoms. The zero-order valence-corrected chi connectivity index (χ0v) is 50.3. The lowest BCUT2D eigenvalue weighted by atomic mass is 9.80. The molecule has 6 amide bonds. The van der Waals surface area contributed by atoms with E-state index < -0.39 is 64.4 Å². The van der Waals surface area contributed by atoms with Crippen LogP contribution in [0.5, 0.6) is 0 Å². The Hall–Kier alpha value is -5.97. The van der Waals surface area contributed by atoms with E-state index in [-0.39, 0.29) is 201 Å². The van der Waals surface area contributed by atoms with Crippen LogP contribution < -0.4 is 37.8 Å². The minimum Gasteiger partial charge on any atom is -0.460 e. The smallest absolute Gasteiger partial charge is 0.338 e. The number of hydroxylamine groups is 1. The van der Waals surface area contributed by atoms with Crippen molar-refractivity contribution in [2.45, 2.75) is 178 Å². The molecule has 0 radical (unpaired) electrons. The third-order valence-corrected chi connectivity index (χ3v) is 17.0. The fourth-order valence-corrected chi connectivity index (χ4v) is 12.2. The average molecular weight is 1210 g/mol. The second kappa shape index (κ2) is 33.4. The molecular formula is C59H91N9O18. The molecule has 8 N–H and O–H groups in total. The quantitative estimate of drug-likeness (QED) is 0.0243. The van der Waals surface area contributed by atoms with Gasteiger partial charge in [-0.25, -0.2) is 4.79 Å². The predicted octanol–water partition coefficient (Wildman–Crippen LogP) is -0.495. The summed E-state index contributed by atoms with van der Waals surface area (Å²) in [5.74, 6) is -4.56. The van der Waals surface area contributed by atoms with E-state index in [1.165, 1.54) is 0 Å². The number of nitrogens with two attached hydrogens (primary N) is 1. The van der Waals surface area contributed by atoms with Crippen molar-refractivity contribution >= 4 is 76.3 Å². The first-order chi connectivity index (χ1) is 40.9. The zero-order chi connectivity index (χ0) is 62.4. The molecule has 0 aromatic rings. The molecule has 27 nitrogen and oxygen atoms in total. The Morgan fingerprint density at radius 3 is 1.84 bits per heavy atom. The van der Waals surface area contributed by atoms with Gasteiger partial charge in [0, 0.05) is 115 Å². The highest BCUT2D eigenvalue weighted by atomic mass is 16.7. The summed E-state index contributed by atoms with van der Waals surface area (Å²) in [5, 5.41) is 14.4. The van der Waals surface area contributed by atoms with Gasteiger partial charge < -0.3 is 50.8 Å². The number of nitrogens with zero attached hydrogens (tertiary/aromatic N) is 2. The SMILES string of the molecule is CC(C)(C)C1CC(=O)N(CCC(=O)NC(COCCC(=O)NCCCCC2NCC(=O)ONCCC2=O)(COCCC(=O)NCCCCC2C(=O)C[C@H]3CC(=O)CN2CC(=O)O3)COCCC(=O)NCCCCC2C(=O)C[C@@H]3CC(=O)C[C@]23N)C1=O. The summed E-state index contributed by atoms with van der Waals surface area (Å²) >= 11 is 0. The number of hydrogen-bond acceptors (Lipinski definition) is 22. The van der Waals surface area contributed by atoms with Crippen LogP contribution in [0, 0.1) is 23.2 Å². The van der Waals surface area contributed by atoms with E-state index in [1.807, 2.05) is 20.8 Å². The van der Waals surface area contributed by atoms with Gasteiger partial charge in [0.25, 0.3) is 0 Å². The summed E-state index contributed by atoms with van der Waals surface area (Å²) in [5.41, 5.74) is 6.27. The van der Waals surface area contributed by atoms with E-state index in [9.17, 15) is 62.3 Å². The van der Waals surface area contributed by atoms with E-state index in [0.717, 1.165) is 4.90 Å². The van der Waals surface area contributed by atoms with Gasteiger partial charge in [-0.05, 0) is 62.7 Å². The van der Waals surface area contributed by atoms with Gasteiger partial charge in [0.1, 0.15) is 23.2 Å². The van der Waals surface area contributed by atoms with E-state index in [4.69, 9.17) is 29.5 Å². The van der Waals surface area contributed by atoms with Crippen molar-refractivity contribution in [3.63, 3.8) is 0 Å². The average Bonchev–Trinajstić information content (AvgIpc) is 1.85. The number of imide groups is 1. The summed E-state index contributed by atoms with van der Waals surface area (Å²) in [6, 6.07) is -1.16. The Balaban J connectivity index is 1.02. The molecular weight excluding hydrogens is 1120 g/mol. The van der Waals surface area contributed by atoms with Crippen LogP contribution in [0.2, 0.25) is 0 Å². The van der Waals surface area contributed by atoms with Crippen LogP contribution in [0.3, 0.4) is 0 Å². The normalized spacial score (nSPS) is 26.2. The minimum absolute atomic E-state index is 0.00729. The third kappa shape index (κ3) is 21.4. The van der Waals surface area contributed by atoms with Crippen LogP contribution in [0.1, 0.15) is 149 Å². The number of hydrogen-bond donors (Lipinski definition) is 7. The van der Waals surface area contributed by atoms with Gasteiger partial charge in [-0.2, -0.15) is 5.48 Å². The molecule has 0 aromatic carbocycles. The molecule has 5 heterocycles. The fourth-order valence-electron chi connectivity index (χ4n) is 12.2. The second-order valence-electron chi connectivity index (χ2n) is 24.9. The Morgan fingerprint density at radius 2 is 1.24 bits per heavy atom. The van der Waals surface area contributed by atoms with Gasteiger partial charge in [0.2, 0.25) is 35.4 Å². The number of carbonyl (C=O) groups is 13. The van der Waals surface area contributed by atoms with Crippen LogP contribution in [0.25, 0.3) is 0 Å². The van der Waals surface area contributed by atoms with Crippen LogP contribution in [0.15, 0.2) is 0 Å². The highest BCUT2D eigenvalue weighted by Crippen LogP contribution is 2.48. The Kier molecular flexibility index (Phi) is 26.8. The maximum Gasteiger partial charge on any atom is 0.338 e. The summed E-state index contributed by atoms with van der Waals surface area (Å²) in [7, 11) is 0. The van der Waals surface area contributed by atoms with E-state index in [2.05, 4.69) is 32.1 Å². The highest BCUT2D eigenvalue weighted by molar-refractivity contribution is 6.04. The molecule has 7 rings (SSSR count). The number of nitrogens with one attached hydrogen (secondary N) is 6. The number of Topliss-reactive ketones (excluding diaryl/α,β-unsaturated/α-hetero) is 5. The molecule has 7 fully saturated rings. The van der Waals surface area contributed by atoms with Crippen molar-refractivity contribution in [3.8, 4) is 0 Å². The number of ether oxygens (including phenoxy) is 4. The first kappa shape index (κ1) is 69.1. The molecule has 6 unspecified atom stereocenters. The Bertz CT molecular complexity index is 2450. The lowest BCUT2D eigenvalue weighted by Crippen LogP contribution is -2.59. The monoisotopic (exact) mass is 1210 g/mol. The molecule has 2 aliphatic carbocycles. The van der Waals surface area contributed by atoms with Crippen LogP contribution in [-0.2, 0) is 86.1 Å². The van der Waals surface area contributed by atoms with Crippen LogP contribution in [-0.4, -0.2) is 207 Å². The van der Waals surface area contributed by atoms with E-state index in [1.54, 1.807) is 4.90 Å². The maximum atomic E-state index is 14.0. The largest absolute Gasteiger partial charge is 0.460 e. The summed E-state index contributed by atoms with van der Waals surface area (Å²) in [4.78, 5) is 174. The third-order valence-electron chi connectivity index (χ3n) is 17.0. The first-order valence-electron chi connectivity index (χ1n) is 30.6. The number of likely N-dealkylation sites (tertiary alicyclic amines) is 1. The molecule has 480 valence electrons. The molecule has 2 bridgehead atoms. The number of fused-ring (bicyclic) bond motifs is 7. The molecule has 0 spiro atoms. The van der Waals surface area contributed by atoms with Crippen LogP contribution in [0.4, 0.5) is 0 Å². The fraction of sp³-hybridized carbons (Fsp3) is 0.780. The summed E-state index contributed by atoms with van der Waals surface area (Å²) < 4.78 is 23.5. The first-order valence-corrected chi connectivity index (χ1v) is 30.6. The van der Waals surface area contributed by atoms with Crippen molar-refractivity contribution < 1.29 is 86.1 Å². The lowest BCUT2D eigenvalue weighted by molar-refractivity contribution is -0.161. The number of amides is 6. The number of rotatable bonds is 34. The molecule has 5 aliphatic heterocycles. The van der Waals surface area contributed by atoms with Crippen molar-refractivity contribution in [2.24, 2.45) is 28.9 Å². The van der Waals surface area contributed by atoms with E-state index in [0.29, 0.717) is 83.7 Å². The van der Waals surface area contributed by atoms with Gasteiger partial charge in [-0.3, -0.25) is 72.7 Å². The zero-order valence-electron chi connectivity index (χ0n) is 50.3. The topological polar surface area (TPSA) is 373 Å². The van der Waals surface area contributed by atoms with Gasteiger partial charge in [-0.15, -0.1) is 0 Å². The van der Waals surface area contributed by atoms with Crippen molar-refractivity contribution in [1.29, 1.82) is 0 Å². The van der Waals surface area contributed by atoms with Gasteiger partial charge >= 0.3 is 11.9 Å². The Labute approximate surface area is 502 Å². The molecule has 86 heavy (non-hydrogen) atoms. The number of unbranched alkanes of at least 4 members (excludes halogenated alkanes) is 3. The van der Waals surface area contributed by atoms with Gasteiger partial charge in [0.05, 0.1) is 77.3 Å². The van der Waals surface area contributed by atoms with Gasteiger partial charge in [-0.1, -0.05) is 27.2 Å². The van der Waals surface area contributed by atoms with Crippen molar-refractivity contribution in [2.75, 3.05) is 92.0 Å². The Morgan fingerprint density at radius 1 is 0.651 bits per heavy atom. The lowest BCUT2D eigenvalue weighted by Gasteiger charge is -2.36. The van der Waals surface area contributed by atoms with E-state index >= 15 is 0 Å². The molecule has 5 saturated heterocycles. The maximum absolute atomic E-state index is 14.0. The summed E-state index contributed by atoms with van der Waals surface area (Å²) in [6.07, 6.45) is 4.38. The molecule has 0 aromatic heterocycles. The molecule has 2 saturated carbocycles. The van der Waals surface area contributed by atoms with Crippen molar-refractivity contribution in [1.82, 2.24) is 41.9 Å². The highest BCUT2D eigenvalue weighted by Gasteiger charge is 2.56. The van der Waals surface area contributed by atoms with Gasteiger partial charge in [0.15, 0.2) is 17.3 Å². The molecule has 7 aliphatic rings. The van der Waals surface area contributed by atoms with Crippen molar-refractivity contribution in [3.05, 3.63) is 0 Å². The number of ketones is 5. The van der Waals surface area contributed by atoms with Crippen LogP contribution >= 0.6 is 0 Å².